The number of aliphatic hydroxyl groups is 1. The van der Waals surface area contributed by atoms with Gasteiger partial charge in [-0.2, -0.15) is 0 Å². The van der Waals surface area contributed by atoms with Gasteiger partial charge >= 0.3 is 0 Å². The average molecular weight is 247 g/mol. The van der Waals surface area contributed by atoms with E-state index in [0.29, 0.717) is 0 Å². The zero-order chi connectivity index (χ0) is 13.3. The summed E-state index contributed by atoms with van der Waals surface area (Å²) in [6, 6.07) is 5.76. The summed E-state index contributed by atoms with van der Waals surface area (Å²) in [5.41, 5.74) is 2.26. The third-order valence-electron chi connectivity index (χ3n) is 3.75. The topological polar surface area (TPSA) is 49.3 Å². The molecule has 1 aromatic carbocycles. The van der Waals surface area contributed by atoms with Gasteiger partial charge in [0.1, 0.15) is 0 Å². The fraction of sp³-hybridized carbons (Fsp3) is 0.533. The molecule has 3 heteroatoms. The Morgan fingerprint density at radius 2 is 2.11 bits per heavy atom. The van der Waals surface area contributed by atoms with Gasteiger partial charge in [-0.25, -0.2) is 0 Å². The van der Waals surface area contributed by atoms with Crippen LogP contribution < -0.4 is 5.32 Å². The lowest BCUT2D eigenvalue weighted by atomic mass is 9.84. The van der Waals surface area contributed by atoms with E-state index in [1.54, 1.807) is 0 Å². The standard InChI is InChI=1S/C15H21NO2/c1-4-5-6-13(17)10-7-8-12-11(9-10)15(2,3)14(18)16-12/h7-9,13,17H,4-6H2,1-3H3,(H,16,18). The van der Waals surface area contributed by atoms with Gasteiger partial charge in [-0.3, -0.25) is 4.79 Å². The summed E-state index contributed by atoms with van der Waals surface area (Å²) in [7, 11) is 0. The lowest BCUT2D eigenvalue weighted by Crippen LogP contribution is -2.26. The van der Waals surface area contributed by atoms with E-state index in [-0.39, 0.29) is 5.91 Å². The van der Waals surface area contributed by atoms with Gasteiger partial charge < -0.3 is 10.4 Å². The van der Waals surface area contributed by atoms with E-state index in [1.165, 1.54) is 0 Å². The number of anilines is 1. The molecule has 0 saturated carbocycles. The summed E-state index contributed by atoms with van der Waals surface area (Å²) in [5, 5.41) is 13.0. The van der Waals surface area contributed by atoms with Crippen LogP contribution in [0, 0.1) is 0 Å². The minimum absolute atomic E-state index is 0.0256. The van der Waals surface area contributed by atoms with Crippen molar-refractivity contribution in [2.75, 3.05) is 5.32 Å². The number of hydrogen-bond acceptors (Lipinski definition) is 2. The summed E-state index contributed by atoms with van der Waals surface area (Å²) < 4.78 is 0. The fourth-order valence-electron chi connectivity index (χ4n) is 2.36. The number of benzene rings is 1. The third-order valence-corrected chi connectivity index (χ3v) is 3.75. The third kappa shape index (κ3) is 2.15. The Hall–Kier alpha value is -1.35. The molecule has 0 spiro atoms. The summed E-state index contributed by atoms with van der Waals surface area (Å²) >= 11 is 0. The molecule has 1 aliphatic heterocycles. The van der Waals surface area contributed by atoms with Crippen LogP contribution in [0.1, 0.15) is 57.3 Å². The number of aliphatic hydroxyl groups excluding tert-OH is 1. The van der Waals surface area contributed by atoms with Crippen LogP contribution in [0.15, 0.2) is 18.2 Å². The molecule has 0 saturated heterocycles. The van der Waals surface area contributed by atoms with Crippen molar-refractivity contribution >= 4 is 11.6 Å². The minimum Gasteiger partial charge on any atom is -0.388 e. The molecule has 1 atom stereocenters. The van der Waals surface area contributed by atoms with Crippen LogP contribution in [-0.2, 0) is 10.2 Å². The molecule has 0 bridgehead atoms. The quantitative estimate of drug-likeness (QED) is 0.858. The molecule has 0 radical (unpaired) electrons. The highest BCUT2D eigenvalue weighted by Gasteiger charge is 2.38. The van der Waals surface area contributed by atoms with E-state index in [4.69, 9.17) is 0 Å². The van der Waals surface area contributed by atoms with Gasteiger partial charge in [0, 0.05) is 5.69 Å². The normalized spacial score (nSPS) is 18.3. The highest BCUT2D eigenvalue weighted by atomic mass is 16.3. The Morgan fingerprint density at radius 3 is 2.78 bits per heavy atom. The number of carbonyl (C=O) groups excluding carboxylic acids is 1. The second-order valence-corrected chi connectivity index (χ2v) is 5.54. The van der Waals surface area contributed by atoms with Crippen LogP contribution in [0.5, 0.6) is 0 Å². The number of nitrogens with one attached hydrogen (secondary N) is 1. The van der Waals surface area contributed by atoms with Crippen molar-refractivity contribution < 1.29 is 9.90 Å². The van der Waals surface area contributed by atoms with Crippen LogP contribution in [0.2, 0.25) is 0 Å². The number of fused-ring (bicyclic) bond motifs is 1. The second kappa shape index (κ2) is 4.73. The van der Waals surface area contributed by atoms with Crippen LogP contribution in [0.3, 0.4) is 0 Å². The van der Waals surface area contributed by atoms with E-state index < -0.39 is 11.5 Å². The van der Waals surface area contributed by atoms with E-state index in [2.05, 4.69) is 12.2 Å². The van der Waals surface area contributed by atoms with Crippen LogP contribution in [0.25, 0.3) is 0 Å². The Balaban J connectivity index is 2.28. The molecular formula is C15H21NO2. The Kier molecular flexibility index (Phi) is 3.44. The zero-order valence-electron chi connectivity index (χ0n) is 11.3. The lowest BCUT2D eigenvalue weighted by Gasteiger charge is -2.17. The molecule has 1 aliphatic rings. The van der Waals surface area contributed by atoms with Crippen molar-refractivity contribution in [1.82, 2.24) is 0 Å². The molecule has 1 aromatic rings. The van der Waals surface area contributed by atoms with Crippen molar-refractivity contribution in [2.24, 2.45) is 0 Å². The average Bonchev–Trinajstić information content (AvgIpc) is 2.57. The van der Waals surface area contributed by atoms with Gasteiger partial charge in [-0.1, -0.05) is 31.9 Å². The predicted octanol–water partition coefficient (Wildman–Crippen LogP) is 3.14. The first kappa shape index (κ1) is 13.1. The second-order valence-electron chi connectivity index (χ2n) is 5.54. The predicted molar refractivity (Wildman–Crippen MR) is 72.6 cm³/mol. The van der Waals surface area contributed by atoms with Crippen LogP contribution in [-0.4, -0.2) is 11.0 Å². The first-order valence-corrected chi connectivity index (χ1v) is 6.60. The Labute approximate surface area is 108 Å². The first-order chi connectivity index (χ1) is 8.46. The zero-order valence-corrected chi connectivity index (χ0v) is 11.3. The highest BCUT2D eigenvalue weighted by molar-refractivity contribution is 6.05. The van der Waals surface area contributed by atoms with E-state index in [0.717, 1.165) is 36.1 Å². The maximum absolute atomic E-state index is 11.8. The van der Waals surface area contributed by atoms with Gasteiger partial charge in [0.15, 0.2) is 0 Å². The molecule has 0 aliphatic carbocycles. The molecule has 0 aromatic heterocycles. The fourth-order valence-corrected chi connectivity index (χ4v) is 2.36. The monoisotopic (exact) mass is 247 g/mol. The molecule has 2 rings (SSSR count). The highest BCUT2D eigenvalue weighted by Crippen LogP contribution is 2.38. The molecule has 0 fully saturated rings. The number of amides is 1. The molecule has 1 amide bonds. The Morgan fingerprint density at radius 1 is 1.39 bits per heavy atom. The van der Waals surface area contributed by atoms with Crippen molar-refractivity contribution in [3.05, 3.63) is 29.3 Å². The van der Waals surface area contributed by atoms with Gasteiger partial charge in [-0.15, -0.1) is 0 Å². The number of unbranched alkanes of at least 4 members (excludes halogenated alkanes) is 1. The largest absolute Gasteiger partial charge is 0.388 e. The maximum atomic E-state index is 11.8. The molecule has 1 unspecified atom stereocenters. The van der Waals surface area contributed by atoms with Gasteiger partial charge in [0.05, 0.1) is 11.5 Å². The summed E-state index contributed by atoms with van der Waals surface area (Å²) in [4.78, 5) is 11.8. The maximum Gasteiger partial charge on any atom is 0.234 e. The number of rotatable bonds is 4. The SMILES string of the molecule is CCCCC(O)c1ccc2c(c1)C(C)(C)C(=O)N2. The van der Waals surface area contributed by atoms with Crippen LogP contribution >= 0.6 is 0 Å². The van der Waals surface area contributed by atoms with E-state index in [1.807, 2.05) is 32.0 Å². The van der Waals surface area contributed by atoms with Crippen molar-refractivity contribution in [2.45, 2.75) is 51.6 Å². The van der Waals surface area contributed by atoms with Gasteiger partial charge in [0.2, 0.25) is 5.91 Å². The van der Waals surface area contributed by atoms with E-state index >= 15 is 0 Å². The van der Waals surface area contributed by atoms with Crippen molar-refractivity contribution in [3.8, 4) is 0 Å². The molecule has 1 heterocycles. The molecular weight excluding hydrogens is 226 g/mol. The van der Waals surface area contributed by atoms with E-state index in [9.17, 15) is 9.90 Å². The summed E-state index contributed by atoms with van der Waals surface area (Å²) in [6.45, 7) is 5.94. The van der Waals surface area contributed by atoms with Crippen molar-refractivity contribution in [3.63, 3.8) is 0 Å². The molecule has 98 valence electrons. The molecule has 18 heavy (non-hydrogen) atoms. The number of carbonyl (C=O) groups is 1. The van der Waals surface area contributed by atoms with Gasteiger partial charge in [-0.05, 0) is 37.5 Å². The lowest BCUT2D eigenvalue weighted by molar-refractivity contribution is -0.119. The Bertz CT molecular complexity index is 466. The van der Waals surface area contributed by atoms with Gasteiger partial charge in [0.25, 0.3) is 0 Å². The van der Waals surface area contributed by atoms with Crippen LogP contribution in [0.4, 0.5) is 5.69 Å². The molecule has 3 nitrogen and oxygen atoms in total. The summed E-state index contributed by atoms with van der Waals surface area (Å²) in [5.74, 6) is 0.0256. The smallest absolute Gasteiger partial charge is 0.234 e. The number of hydrogen-bond donors (Lipinski definition) is 2. The summed E-state index contributed by atoms with van der Waals surface area (Å²) in [6.07, 6.45) is 2.44. The van der Waals surface area contributed by atoms with Crippen molar-refractivity contribution in [1.29, 1.82) is 0 Å². The minimum atomic E-state index is -0.504. The molecule has 2 N–H and O–H groups in total. The first-order valence-electron chi connectivity index (χ1n) is 6.60.